The van der Waals surface area contributed by atoms with Crippen LogP contribution in [0.1, 0.15) is 0 Å². The van der Waals surface area contributed by atoms with E-state index in [4.69, 9.17) is 4.79 Å². The Balaban J connectivity index is -0.0000000200. The van der Waals surface area contributed by atoms with Gasteiger partial charge in [-0.3, -0.25) is 4.79 Å². The summed E-state index contributed by atoms with van der Waals surface area (Å²) in [5.74, 6) is 0. The maximum Gasteiger partial charge on any atom is 0.204 e. The molecule has 0 bridgehead atoms. The second kappa shape index (κ2) is 17.9. The predicted molar refractivity (Wildman–Crippen MR) is 21.8 cm³/mol. The molecule has 0 saturated carbocycles. The van der Waals surface area contributed by atoms with E-state index in [1.165, 1.54) is 0 Å². The number of amides is 1. The van der Waals surface area contributed by atoms with Crippen LogP contribution in [0.4, 0.5) is 0 Å². The largest absolute Gasteiger partial charge is 0.372 e. The molecule has 0 aromatic carbocycles. The van der Waals surface area contributed by atoms with Gasteiger partial charge in [0.05, 0.1) is 0 Å². The SMILES string of the molecule is NC=O.[Na].[Na]. The van der Waals surface area contributed by atoms with Gasteiger partial charge in [-0.05, 0) is 0 Å². The van der Waals surface area contributed by atoms with Gasteiger partial charge in [-0.1, -0.05) is 0 Å². The zero-order chi connectivity index (χ0) is 2.71. The fourth-order valence-corrected chi connectivity index (χ4v) is 0. The summed E-state index contributed by atoms with van der Waals surface area (Å²) in [6.45, 7) is 0. The molecule has 0 aliphatic heterocycles. The standard InChI is InChI=1S/CH3NO.2Na/c2-1-3;;/h1H,(H2,2,3);;. The summed E-state index contributed by atoms with van der Waals surface area (Å²) >= 11 is 0. The third-order valence-corrected chi connectivity index (χ3v) is 0. The molecule has 0 fully saturated rings. The Morgan fingerprint density at radius 3 is 1.40 bits per heavy atom. The maximum absolute atomic E-state index is 8.58. The van der Waals surface area contributed by atoms with Gasteiger partial charge < -0.3 is 5.73 Å². The van der Waals surface area contributed by atoms with Crippen LogP contribution in [-0.2, 0) is 4.79 Å². The number of nitrogens with two attached hydrogens (primary N) is 1. The second-order valence-corrected chi connectivity index (χ2v) is 0.136. The van der Waals surface area contributed by atoms with Gasteiger partial charge >= 0.3 is 0 Å². The van der Waals surface area contributed by atoms with Crippen molar-refractivity contribution in [3.05, 3.63) is 0 Å². The van der Waals surface area contributed by atoms with Crippen molar-refractivity contribution in [3.63, 3.8) is 0 Å². The van der Waals surface area contributed by atoms with Crippen LogP contribution in [0.3, 0.4) is 0 Å². The topological polar surface area (TPSA) is 43.1 Å². The summed E-state index contributed by atoms with van der Waals surface area (Å²) in [7, 11) is 0. The molecule has 0 saturated heterocycles. The Labute approximate surface area is 75.1 Å². The molecule has 2 nitrogen and oxygen atoms in total. The van der Waals surface area contributed by atoms with Gasteiger partial charge in [-0.15, -0.1) is 0 Å². The minimum absolute atomic E-state index is 0. The number of carbonyl (C=O) groups excluding carboxylic acids is 1. The number of hydrogen-bond acceptors (Lipinski definition) is 1. The van der Waals surface area contributed by atoms with Crippen molar-refractivity contribution in [1.82, 2.24) is 0 Å². The Bertz CT molecular complexity index is 17.1. The molecule has 20 valence electrons. The third kappa shape index (κ3) is 30.5. The van der Waals surface area contributed by atoms with E-state index in [0.717, 1.165) is 0 Å². The zero-order valence-corrected chi connectivity index (χ0v) is 7.56. The van der Waals surface area contributed by atoms with E-state index in [1.54, 1.807) is 0 Å². The fourth-order valence-electron chi connectivity index (χ4n) is 0. The van der Waals surface area contributed by atoms with E-state index in [-0.39, 0.29) is 65.5 Å². The summed E-state index contributed by atoms with van der Waals surface area (Å²) in [5, 5.41) is 0. The van der Waals surface area contributed by atoms with Crippen LogP contribution in [0.5, 0.6) is 0 Å². The molecule has 0 spiro atoms. The van der Waals surface area contributed by atoms with E-state index in [2.05, 4.69) is 5.73 Å². The first-order valence-electron chi connectivity index (χ1n) is 0.569. The van der Waals surface area contributed by atoms with Gasteiger partial charge in [-0.25, -0.2) is 0 Å². The van der Waals surface area contributed by atoms with E-state index >= 15 is 0 Å². The van der Waals surface area contributed by atoms with Crippen LogP contribution in [0.2, 0.25) is 0 Å². The van der Waals surface area contributed by atoms with Crippen LogP contribution in [0, 0.1) is 0 Å². The molecule has 2 radical (unpaired) electrons. The maximum atomic E-state index is 8.58. The minimum Gasteiger partial charge on any atom is -0.372 e. The van der Waals surface area contributed by atoms with E-state index in [0.29, 0.717) is 0 Å². The molecule has 0 unspecified atom stereocenters. The monoisotopic (exact) mass is 91.0 g/mol. The first-order valence-corrected chi connectivity index (χ1v) is 0.569. The van der Waals surface area contributed by atoms with E-state index < -0.39 is 0 Å². The van der Waals surface area contributed by atoms with Gasteiger partial charge in [0.25, 0.3) is 0 Å². The van der Waals surface area contributed by atoms with Gasteiger partial charge in [-0.2, -0.15) is 0 Å². The molecular weight excluding hydrogens is 88.0 g/mol. The van der Waals surface area contributed by atoms with Gasteiger partial charge in [0, 0.05) is 59.1 Å². The fraction of sp³-hybridized carbons (Fsp3) is 0. The number of primary amides is 1. The Morgan fingerprint density at radius 2 is 1.40 bits per heavy atom. The first-order chi connectivity index (χ1) is 1.41. The number of carbonyl (C=O) groups is 1. The van der Waals surface area contributed by atoms with Crippen molar-refractivity contribution in [3.8, 4) is 0 Å². The van der Waals surface area contributed by atoms with Gasteiger partial charge in [0.2, 0.25) is 6.41 Å². The average Bonchev–Trinajstić information content (AvgIpc) is 0.918. The van der Waals surface area contributed by atoms with Crippen LogP contribution < -0.4 is 5.73 Å². The predicted octanol–water partition coefficient (Wildman–Crippen LogP) is -1.66. The smallest absolute Gasteiger partial charge is 0.204 e. The molecule has 4 heteroatoms. The Morgan fingerprint density at radius 1 is 1.40 bits per heavy atom. The van der Waals surface area contributed by atoms with Crippen molar-refractivity contribution >= 4 is 65.5 Å². The summed E-state index contributed by atoms with van der Waals surface area (Å²) in [6, 6.07) is 0. The van der Waals surface area contributed by atoms with Crippen molar-refractivity contribution in [2.75, 3.05) is 0 Å². The summed E-state index contributed by atoms with van der Waals surface area (Å²) in [6.07, 6.45) is 0.250. The molecule has 2 N–H and O–H groups in total. The molecule has 0 rings (SSSR count). The normalized spacial score (nSPS) is 2.40. The number of rotatable bonds is 0. The van der Waals surface area contributed by atoms with Crippen molar-refractivity contribution < 1.29 is 4.79 Å². The summed E-state index contributed by atoms with van der Waals surface area (Å²) in [5.41, 5.74) is 4.17. The number of hydrogen-bond donors (Lipinski definition) is 1. The van der Waals surface area contributed by atoms with Gasteiger partial charge in [0.1, 0.15) is 0 Å². The molecule has 0 aliphatic rings. The quantitative estimate of drug-likeness (QED) is 0.281. The molecule has 1 amide bonds. The molecule has 0 aromatic heterocycles. The molecule has 0 atom stereocenters. The van der Waals surface area contributed by atoms with Crippen LogP contribution in [0.15, 0.2) is 0 Å². The summed E-state index contributed by atoms with van der Waals surface area (Å²) < 4.78 is 0. The van der Waals surface area contributed by atoms with Crippen molar-refractivity contribution in [2.24, 2.45) is 5.73 Å². The summed E-state index contributed by atoms with van der Waals surface area (Å²) in [4.78, 5) is 8.58. The molecule has 0 aromatic rings. The van der Waals surface area contributed by atoms with Crippen LogP contribution >= 0.6 is 0 Å². The third-order valence-electron chi connectivity index (χ3n) is 0. The average molecular weight is 91.0 g/mol. The minimum atomic E-state index is 0. The molecular formula is CH3NNa2O. The van der Waals surface area contributed by atoms with E-state index in [9.17, 15) is 0 Å². The second-order valence-electron chi connectivity index (χ2n) is 0.136. The Hall–Kier alpha value is 1.47. The molecule has 0 heterocycles. The van der Waals surface area contributed by atoms with Crippen molar-refractivity contribution in [1.29, 1.82) is 0 Å². The zero-order valence-electron chi connectivity index (χ0n) is 3.56. The van der Waals surface area contributed by atoms with E-state index in [1.807, 2.05) is 0 Å². The molecule has 5 heavy (non-hydrogen) atoms. The Kier molecular flexibility index (Phi) is 57.6. The van der Waals surface area contributed by atoms with Gasteiger partial charge in [0.15, 0.2) is 0 Å². The van der Waals surface area contributed by atoms with Crippen LogP contribution in [0.25, 0.3) is 0 Å². The van der Waals surface area contributed by atoms with Crippen molar-refractivity contribution in [2.45, 2.75) is 0 Å². The first kappa shape index (κ1) is 16.1. The molecule has 0 aliphatic carbocycles. The van der Waals surface area contributed by atoms with Crippen LogP contribution in [-0.4, -0.2) is 65.5 Å².